The van der Waals surface area contributed by atoms with Crippen molar-refractivity contribution < 1.29 is 19.4 Å². The summed E-state index contributed by atoms with van der Waals surface area (Å²) in [6, 6.07) is 6.06. The molecule has 128 valence electrons. The van der Waals surface area contributed by atoms with Gasteiger partial charge in [0.25, 0.3) is 0 Å². The van der Waals surface area contributed by atoms with Gasteiger partial charge in [-0.2, -0.15) is 0 Å². The monoisotopic (exact) mass is 322 g/mol. The predicted octanol–water partition coefficient (Wildman–Crippen LogP) is 1.37. The molecule has 1 fully saturated rings. The Morgan fingerprint density at radius 3 is 2.70 bits per heavy atom. The van der Waals surface area contributed by atoms with E-state index in [1.165, 1.54) is 5.56 Å². The first-order valence-electron chi connectivity index (χ1n) is 7.92. The average Bonchev–Trinajstić information content (AvgIpc) is 2.52. The van der Waals surface area contributed by atoms with Gasteiger partial charge < -0.3 is 25.2 Å². The van der Waals surface area contributed by atoms with E-state index in [4.69, 9.17) is 20.3 Å². The van der Waals surface area contributed by atoms with Crippen LogP contribution in [0.2, 0.25) is 0 Å². The minimum Gasteiger partial charge on any atom is -0.493 e. The number of nitrogens with two attached hydrogens (primary N) is 1. The third kappa shape index (κ3) is 5.11. The number of aliphatic carboxylic acids is 1. The van der Waals surface area contributed by atoms with E-state index in [-0.39, 0.29) is 12.5 Å². The zero-order valence-electron chi connectivity index (χ0n) is 13.8. The van der Waals surface area contributed by atoms with Crippen LogP contribution in [-0.2, 0) is 11.2 Å². The van der Waals surface area contributed by atoms with Crippen LogP contribution >= 0.6 is 0 Å². The molecule has 0 saturated carbocycles. The number of carbonyl (C=O) groups is 1. The van der Waals surface area contributed by atoms with Crippen LogP contribution in [0.3, 0.4) is 0 Å². The molecule has 1 aliphatic heterocycles. The van der Waals surface area contributed by atoms with Crippen molar-refractivity contribution in [3.8, 4) is 11.5 Å². The van der Waals surface area contributed by atoms with Crippen LogP contribution in [0.15, 0.2) is 18.2 Å². The van der Waals surface area contributed by atoms with Crippen LogP contribution in [0, 0.1) is 5.92 Å². The smallest absolute Gasteiger partial charge is 0.304 e. The van der Waals surface area contributed by atoms with Gasteiger partial charge in [-0.15, -0.1) is 0 Å². The summed E-state index contributed by atoms with van der Waals surface area (Å²) in [7, 11) is 3.25. The number of nitrogens with zero attached hydrogens (tertiary/aromatic N) is 1. The van der Waals surface area contributed by atoms with E-state index in [1.54, 1.807) is 14.2 Å². The van der Waals surface area contributed by atoms with Crippen LogP contribution in [0.1, 0.15) is 18.4 Å². The first kappa shape index (κ1) is 17.6. The normalized spacial score (nSPS) is 21.9. The molecular weight excluding hydrogens is 296 g/mol. The number of methoxy groups -OCH3 is 2. The number of carboxylic acid groups (broad SMARTS) is 1. The second-order valence-corrected chi connectivity index (χ2v) is 6.16. The van der Waals surface area contributed by atoms with Crippen LogP contribution in [-0.4, -0.2) is 55.9 Å². The van der Waals surface area contributed by atoms with Gasteiger partial charge in [0.05, 0.1) is 20.6 Å². The summed E-state index contributed by atoms with van der Waals surface area (Å²) < 4.78 is 10.6. The molecule has 6 heteroatoms. The number of ether oxygens (including phenoxy) is 2. The Kier molecular flexibility index (Phi) is 6.24. The van der Waals surface area contributed by atoms with Crippen LogP contribution in [0.5, 0.6) is 11.5 Å². The summed E-state index contributed by atoms with van der Waals surface area (Å²) >= 11 is 0. The van der Waals surface area contributed by atoms with Crippen molar-refractivity contribution in [1.29, 1.82) is 0 Å². The van der Waals surface area contributed by atoms with Crippen molar-refractivity contribution in [2.45, 2.75) is 25.3 Å². The molecule has 6 nitrogen and oxygen atoms in total. The van der Waals surface area contributed by atoms with E-state index in [1.807, 2.05) is 18.2 Å². The molecule has 1 heterocycles. The topological polar surface area (TPSA) is 85.0 Å². The quantitative estimate of drug-likeness (QED) is 0.789. The molecule has 2 rings (SSSR count). The van der Waals surface area contributed by atoms with Gasteiger partial charge in [0.15, 0.2) is 11.5 Å². The Bertz CT molecular complexity index is 535. The van der Waals surface area contributed by atoms with E-state index in [0.29, 0.717) is 12.5 Å². The fourth-order valence-electron chi connectivity index (χ4n) is 3.27. The summed E-state index contributed by atoms with van der Waals surface area (Å²) in [6.07, 6.45) is 2.02. The molecule has 0 aromatic heterocycles. The molecule has 1 aromatic carbocycles. The summed E-state index contributed by atoms with van der Waals surface area (Å²) in [5.74, 6) is 1.11. The number of hydrogen-bond acceptors (Lipinski definition) is 5. The largest absolute Gasteiger partial charge is 0.493 e. The maximum Gasteiger partial charge on any atom is 0.304 e. The minimum atomic E-state index is -0.763. The minimum absolute atomic E-state index is 0.0997. The van der Waals surface area contributed by atoms with Gasteiger partial charge in [-0.1, -0.05) is 6.07 Å². The van der Waals surface area contributed by atoms with Crippen molar-refractivity contribution in [1.82, 2.24) is 4.90 Å². The number of benzene rings is 1. The first-order valence-corrected chi connectivity index (χ1v) is 7.92. The Morgan fingerprint density at radius 2 is 2.04 bits per heavy atom. The summed E-state index contributed by atoms with van der Waals surface area (Å²) in [6.45, 7) is 2.22. The van der Waals surface area contributed by atoms with E-state index in [0.717, 1.165) is 37.4 Å². The molecule has 0 radical (unpaired) electrons. The second-order valence-electron chi connectivity index (χ2n) is 6.16. The van der Waals surface area contributed by atoms with Gasteiger partial charge in [0, 0.05) is 25.7 Å². The van der Waals surface area contributed by atoms with Crippen molar-refractivity contribution in [2.75, 3.05) is 33.9 Å². The van der Waals surface area contributed by atoms with Gasteiger partial charge >= 0.3 is 5.97 Å². The highest BCUT2D eigenvalue weighted by molar-refractivity contribution is 5.66. The lowest BCUT2D eigenvalue weighted by Gasteiger charge is -2.36. The lowest BCUT2D eigenvalue weighted by Crippen LogP contribution is -2.48. The molecule has 0 spiro atoms. The highest BCUT2D eigenvalue weighted by Crippen LogP contribution is 2.29. The molecular formula is C17H26N2O4. The lowest BCUT2D eigenvalue weighted by molar-refractivity contribution is -0.137. The zero-order chi connectivity index (χ0) is 16.8. The standard InChI is InChI=1S/C17H26N2O4/c1-22-15-4-3-12(9-16(15)23-2)7-13-8-14(18)11-19(10-13)6-5-17(20)21/h3-4,9,13-14H,5-8,10-11,18H2,1-2H3,(H,20,21). The van der Waals surface area contributed by atoms with Gasteiger partial charge in [0.1, 0.15) is 0 Å². The fraction of sp³-hybridized carbons (Fsp3) is 0.588. The summed E-state index contributed by atoms with van der Waals surface area (Å²) in [4.78, 5) is 12.9. The van der Waals surface area contributed by atoms with E-state index in [9.17, 15) is 4.79 Å². The van der Waals surface area contributed by atoms with E-state index in [2.05, 4.69) is 4.90 Å². The van der Waals surface area contributed by atoms with Gasteiger partial charge in [-0.05, 0) is 36.5 Å². The number of hydrogen-bond donors (Lipinski definition) is 2. The third-order valence-electron chi connectivity index (χ3n) is 4.26. The maximum absolute atomic E-state index is 10.7. The van der Waals surface area contributed by atoms with Crippen molar-refractivity contribution in [2.24, 2.45) is 11.7 Å². The molecule has 23 heavy (non-hydrogen) atoms. The van der Waals surface area contributed by atoms with Crippen LogP contribution in [0.4, 0.5) is 0 Å². The molecule has 2 atom stereocenters. The number of rotatable bonds is 7. The SMILES string of the molecule is COc1ccc(CC2CC(N)CN(CCC(=O)O)C2)cc1OC. The van der Waals surface area contributed by atoms with E-state index >= 15 is 0 Å². The predicted molar refractivity (Wildman–Crippen MR) is 88.0 cm³/mol. The number of likely N-dealkylation sites (tertiary alicyclic amines) is 1. The lowest BCUT2D eigenvalue weighted by atomic mass is 9.89. The van der Waals surface area contributed by atoms with Crippen molar-refractivity contribution in [3.63, 3.8) is 0 Å². The number of carboxylic acids is 1. The maximum atomic E-state index is 10.7. The summed E-state index contributed by atoms with van der Waals surface area (Å²) in [5, 5.41) is 8.83. The molecule has 1 aromatic rings. The zero-order valence-corrected chi connectivity index (χ0v) is 13.8. The fourth-order valence-corrected chi connectivity index (χ4v) is 3.27. The molecule has 0 aliphatic carbocycles. The Balaban J connectivity index is 1.99. The average molecular weight is 322 g/mol. The highest BCUT2D eigenvalue weighted by atomic mass is 16.5. The van der Waals surface area contributed by atoms with Crippen LogP contribution in [0.25, 0.3) is 0 Å². The van der Waals surface area contributed by atoms with Crippen molar-refractivity contribution in [3.05, 3.63) is 23.8 Å². The Labute approximate surface area is 137 Å². The Morgan fingerprint density at radius 1 is 1.30 bits per heavy atom. The second kappa shape index (κ2) is 8.17. The first-order chi connectivity index (χ1) is 11.0. The van der Waals surface area contributed by atoms with E-state index < -0.39 is 5.97 Å². The molecule has 0 amide bonds. The molecule has 2 unspecified atom stereocenters. The molecule has 0 bridgehead atoms. The molecule has 1 aliphatic rings. The van der Waals surface area contributed by atoms with Gasteiger partial charge in [-0.3, -0.25) is 4.79 Å². The third-order valence-corrected chi connectivity index (χ3v) is 4.26. The highest BCUT2D eigenvalue weighted by Gasteiger charge is 2.25. The number of piperidine rings is 1. The molecule has 3 N–H and O–H groups in total. The van der Waals surface area contributed by atoms with Gasteiger partial charge in [0.2, 0.25) is 0 Å². The van der Waals surface area contributed by atoms with Crippen molar-refractivity contribution >= 4 is 5.97 Å². The summed E-state index contributed by atoms with van der Waals surface area (Å²) in [5.41, 5.74) is 7.32. The Hall–Kier alpha value is -1.79. The molecule has 1 saturated heterocycles. The van der Waals surface area contributed by atoms with Gasteiger partial charge in [-0.25, -0.2) is 0 Å². The van der Waals surface area contributed by atoms with Crippen LogP contribution < -0.4 is 15.2 Å².